The Labute approximate surface area is 201 Å². The minimum Gasteiger partial charge on any atom is -0.387 e. The number of carbonyl (C=O) groups is 1. The number of rotatable bonds is 9. The van der Waals surface area contributed by atoms with Crippen molar-refractivity contribution in [2.45, 2.75) is 50.4 Å². The Kier molecular flexibility index (Phi) is 7.44. The van der Waals surface area contributed by atoms with E-state index in [0.29, 0.717) is 26.9 Å². The maximum Gasteiger partial charge on any atom is 0.255 e. The van der Waals surface area contributed by atoms with Gasteiger partial charge < -0.3 is 21.1 Å². The number of benzene rings is 1. The molecule has 0 saturated heterocycles. The predicted octanol–water partition coefficient (Wildman–Crippen LogP) is 3.50. The molecule has 0 spiro atoms. The zero-order chi connectivity index (χ0) is 25.3. The smallest absolute Gasteiger partial charge is 0.255 e. The molecule has 34 heavy (non-hydrogen) atoms. The molecule has 0 fully saturated rings. The fraction of sp³-hybridized carbons (Fsp3) is 0.409. The lowest BCUT2D eigenvalue weighted by atomic mass is 10.0. The van der Waals surface area contributed by atoms with Crippen LogP contribution in [0.5, 0.6) is 0 Å². The van der Waals surface area contributed by atoms with Crippen LogP contribution in [0.4, 0.5) is 20.9 Å². The third-order valence-electron chi connectivity index (χ3n) is 4.85. The highest BCUT2D eigenvalue weighted by Crippen LogP contribution is 2.34. The summed E-state index contributed by atoms with van der Waals surface area (Å²) in [5.41, 5.74) is 0.208. The van der Waals surface area contributed by atoms with Crippen LogP contribution in [0.3, 0.4) is 0 Å². The summed E-state index contributed by atoms with van der Waals surface area (Å²) in [6, 6.07) is 6.26. The summed E-state index contributed by atoms with van der Waals surface area (Å²) in [5, 5.41) is 19.1. The van der Waals surface area contributed by atoms with E-state index in [9.17, 15) is 22.7 Å². The van der Waals surface area contributed by atoms with E-state index < -0.39 is 27.5 Å². The molecule has 0 aliphatic heterocycles. The number of nitrogens with zero attached hydrogens (tertiary/aromatic N) is 2. The zero-order valence-electron chi connectivity index (χ0n) is 19.5. The van der Waals surface area contributed by atoms with Crippen molar-refractivity contribution in [3.05, 3.63) is 36.0 Å². The lowest BCUT2D eigenvalue weighted by Crippen LogP contribution is -2.42. The standard InChI is InChI=1S/C22H28FN5O4S2/c1-12(2)26-17-15(19(29)24-11-16(23)22(3,4)30)10-25-20-18(17)28-21(33-20)27-13-6-8-14(9-7-13)34(5,31)32/h6-10,12,16,30H,11H2,1-5H3,(H,24,29)(H,25,26)(H,27,28)/t16-/m1/s1. The molecule has 1 aromatic carbocycles. The number of alkyl halides is 1. The summed E-state index contributed by atoms with van der Waals surface area (Å²) in [4.78, 5) is 22.5. The van der Waals surface area contributed by atoms with Crippen molar-refractivity contribution in [1.82, 2.24) is 15.3 Å². The number of aromatic nitrogens is 2. The van der Waals surface area contributed by atoms with Crippen molar-refractivity contribution < 1.29 is 22.7 Å². The first-order valence-electron chi connectivity index (χ1n) is 10.5. The molecule has 12 heteroatoms. The van der Waals surface area contributed by atoms with Crippen molar-refractivity contribution in [3.63, 3.8) is 0 Å². The Morgan fingerprint density at radius 3 is 2.44 bits per heavy atom. The molecule has 184 valence electrons. The summed E-state index contributed by atoms with van der Waals surface area (Å²) in [6.07, 6.45) is 0.908. The second kappa shape index (κ2) is 9.80. The second-order valence-electron chi connectivity index (χ2n) is 8.77. The van der Waals surface area contributed by atoms with E-state index in [1.807, 2.05) is 13.8 Å². The number of hydrogen-bond acceptors (Lipinski definition) is 9. The molecule has 4 N–H and O–H groups in total. The van der Waals surface area contributed by atoms with Gasteiger partial charge in [-0.2, -0.15) is 0 Å². The number of hydrogen-bond donors (Lipinski definition) is 4. The number of carbonyl (C=O) groups excluding carboxylic acids is 1. The van der Waals surface area contributed by atoms with Gasteiger partial charge in [-0.3, -0.25) is 4.79 Å². The summed E-state index contributed by atoms with van der Waals surface area (Å²) in [5.74, 6) is -0.539. The number of amides is 1. The van der Waals surface area contributed by atoms with Gasteiger partial charge in [-0.05, 0) is 52.0 Å². The molecule has 0 bridgehead atoms. The number of sulfone groups is 1. The first kappa shape index (κ1) is 25.8. The molecule has 1 atom stereocenters. The normalized spacial score (nSPS) is 13.2. The molecule has 0 saturated carbocycles. The first-order chi connectivity index (χ1) is 15.8. The minimum absolute atomic E-state index is 0.0240. The third kappa shape index (κ3) is 6.19. The van der Waals surface area contributed by atoms with Crippen LogP contribution in [0, 0.1) is 0 Å². The number of pyridine rings is 1. The van der Waals surface area contributed by atoms with Gasteiger partial charge in [-0.1, -0.05) is 11.3 Å². The van der Waals surface area contributed by atoms with Crippen molar-refractivity contribution in [3.8, 4) is 0 Å². The number of anilines is 3. The van der Waals surface area contributed by atoms with Crippen molar-refractivity contribution >= 4 is 53.9 Å². The molecule has 0 aliphatic rings. The largest absolute Gasteiger partial charge is 0.387 e. The number of thiazole rings is 1. The SMILES string of the molecule is CC(C)Nc1c(C(=O)NC[C@@H](F)C(C)(C)O)cnc2sc(Nc3ccc(S(C)(=O)=O)cc3)nc12. The van der Waals surface area contributed by atoms with E-state index in [2.05, 4.69) is 25.9 Å². The molecular formula is C22H28FN5O4S2. The summed E-state index contributed by atoms with van der Waals surface area (Å²) >= 11 is 1.27. The number of halogens is 1. The zero-order valence-corrected chi connectivity index (χ0v) is 21.1. The first-order valence-corrected chi connectivity index (χ1v) is 13.2. The topological polar surface area (TPSA) is 133 Å². The molecule has 1 amide bonds. The molecule has 9 nitrogen and oxygen atoms in total. The Balaban J connectivity index is 1.90. The fourth-order valence-corrected chi connectivity index (χ4v) is 4.44. The molecule has 3 rings (SSSR count). The lowest BCUT2D eigenvalue weighted by molar-refractivity contribution is -0.00177. The van der Waals surface area contributed by atoms with E-state index in [0.717, 1.165) is 6.26 Å². The Morgan fingerprint density at radius 1 is 1.24 bits per heavy atom. The average Bonchev–Trinajstić information content (AvgIpc) is 3.13. The van der Waals surface area contributed by atoms with Crippen molar-refractivity contribution in [1.29, 1.82) is 0 Å². The molecule has 2 aromatic heterocycles. The Morgan fingerprint density at radius 2 is 1.88 bits per heavy atom. The van der Waals surface area contributed by atoms with Gasteiger partial charge in [0.15, 0.2) is 15.0 Å². The highest BCUT2D eigenvalue weighted by atomic mass is 32.2. The van der Waals surface area contributed by atoms with Crippen LogP contribution in [0.1, 0.15) is 38.1 Å². The van der Waals surface area contributed by atoms with Gasteiger partial charge in [0, 0.05) is 24.2 Å². The van der Waals surface area contributed by atoms with Crippen molar-refractivity contribution in [2.24, 2.45) is 0 Å². The molecule has 0 radical (unpaired) electrons. The van der Waals surface area contributed by atoms with Crippen LogP contribution >= 0.6 is 11.3 Å². The van der Waals surface area contributed by atoms with E-state index in [1.165, 1.54) is 43.5 Å². The van der Waals surface area contributed by atoms with Crippen LogP contribution in [0.2, 0.25) is 0 Å². The van der Waals surface area contributed by atoms with Gasteiger partial charge in [-0.25, -0.2) is 22.8 Å². The van der Waals surface area contributed by atoms with E-state index in [1.54, 1.807) is 12.1 Å². The van der Waals surface area contributed by atoms with E-state index >= 15 is 0 Å². The van der Waals surface area contributed by atoms with Gasteiger partial charge >= 0.3 is 0 Å². The summed E-state index contributed by atoms with van der Waals surface area (Å²) in [7, 11) is -3.30. The molecule has 2 heterocycles. The van der Waals surface area contributed by atoms with Gasteiger partial charge in [0.1, 0.15) is 16.5 Å². The highest BCUT2D eigenvalue weighted by Gasteiger charge is 2.28. The summed E-state index contributed by atoms with van der Waals surface area (Å²) < 4.78 is 37.4. The van der Waals surface area contributed by atoms with Crippen LogP contribution in [-0.4, -0.2) is 60.0 Å². The second-order valence-corrected chi connectivity index (χ2v) is 11.8. The van der Waals surface area contributed by atoms with Gasteiger partial charge in [0.25, 0.3) is 5.91 Å². The third-order valence-corrected chi connectivity index (χ3v) is 6.85. The quantitative estimate of drug-likeness (QED) is 0.344. The van der Waals surface area contributed by atoms with Crippen LogP contribution in [0.15, 0.2) is 35.4 Å². The van der Waals surface area contributed by atoms with Crippen LogP contribution in [0.25, 0.3) is 10.3 Å². The van der Waals surface area contributed by atoms with Crippen molar-refractivity contribution in [2.75, 3.05) is 23.4 Å². The molecule has 0 unspecified atom stereocenters. The maximum absolute atomic E-state index is 14.1. The molecule has 3 aromatic rings. The average molecular weight is 510 g/mol. The maximum atomic E-state index is 14.1. The van der Waals surface area contributed by atoms with Gasteiger partial charge in [0.2, 0.25) is 0 Å². The predicted molar refractivity (Wildman–Crippen MR) is 133 cm³/mol. The Hall–Kier alpha value is -2.83. The van der Waals surface area contributed by atoms with E-state index in [4.69, 9.17) is 0 Å². The van der Waals surface area contributed by atoms with Gasteiger partial charge in [0.05, 0.1) is 28.3 Å². The fourth-order valence-electron chi connectivity index (χ4n) is 2.97. The number of fused-ring (bicyclic) bond motifs is 1. The van der Waals surface area contributed by atoms with Crippen LogP contribution < -0.4 is 16.0 Å². The minimum atomic E-state index is -3.30. The summed E-state index contributed by atoms with van der Waals surface area (Å²) in [6.45, 7) is 6.14. The highest BCUT2D eigenvalue weighted by molar-refractivity contribution is 7.90. The molecular weight excluding hydrogens is 481 g/mol. The number of aliphatic hydroxyl groups is 1. The van der Waals surface area contributed by atoms with Gasteiger partial charge in [-0.15, -0.1) is 0 Å². The lowest BCUT2D eigenvalue weighted by Gasteiger charge is -2.22. The molecule has 0 aliphatic carbocycles. The monoisotopic (exact) mass is 509 g/mol. The Bertz CT molecular complexity index is 1290. The van der Waals surface area contributed by atoms with Crippen LogP contribution in [-0.2, 0) is 9.84 Å². The van der Waals surface area contributed by atoms with E-state index in [-0.39, 0.29) is 23.0 Å². The number of nitrogens with one attached hydrogen (secondary N) is 3.